The molecule has 7 nitrogen and oxygen atoms in total. The summed E-state index contributed by atoms with van der Waals surface area (Å²) in [4.78, 5) is 21.6. The average Bonchev–Trinajstić information content (AvgIpc) is 2.38. The second-order valence-electron chi connectivity index (χ2n) is 4.40. The Kier molecular flexibility index (Phi) is 4.96. The molecule has 0 saturated heterocycles. The number of sulfonamides is 1. The summed E-state index contributed by atoms with van der Waals surface area (Å²) in [6.45, 7) is 1.67. The average molecular weight is 300 g/mol. The van der Waals surface area contributed by atoms with Crippen molar-refractivity contribution in [3.8, 4) is 0 Å². The molecule has 0 N–H and O–H groups in total. The Hall–Kier alpha value is -1.80. The Morgan fingerprint density at radius 2 is 1.95 bits per heavy atom. The number of nitro benzene ring substituents is 1. The van der Waals surface area contributed by atoms with Gasteiger partial charge in [-0.1, -0.05) is 13.0 Å². The van der Waals surface area contributed by atoms with Gasteiger partial charge in [-0.25, -0.2) is 12.7 Å². The fraction of sp³-hybridized carbons (Fsp3) is 0.417. The van der Waals surface area contributed by atoms with Gasteiger partial charge >= 0.3 is 0 Å². The molecule has 0 radical (unpaired) electrons. The molecular formula is C12H16N2O5S. The van der Waals surface area contributed by atoms with Crippen molar-refractivity contribution in [3.05, 3.63) is 33.9 Å². The molecule has 0 unspecified atom stereocenters. The molecule has 0 heterocycles. The molecule has 1 aromatic rings. The predicted molar refractivity (Wildman–Crippen MR) is 73.0 cm³/mol. The number of nitro groups is 1. The maximum atomic E-state index is 11.9. The van der Waals surface area contributed by atoms with Gasteiger partial charge in [-0.05, 0) is 6.07 Å². The summed E-state index contributed by atoms with van der Waals surface area (Å²) in [6.07, 6.45) is 0.198. The molecular weight excluding hydrogens is 284 g/mol. The number of hydrogen-bond acceptors (Lipinski definition) is 5. The zero-order valence-electron chi connectivity index (χ0n) is 11.5. The van der Waals surface area contributed by atoms with Crippen molar-refractivity contribution in [3.63, 3.8) is 0 Å². The van der Waals surface area contributed by atoms with Crippen LogP contribution in [0, 0.1) is 10.1 Å². The van der Waals surface area contributed by atoms with E-state index in [2.05, 4.69) is 0 Å². The lowest BCUT2D eigenvalue weighted by Gasteiger charge is -2.12. The molecule has 0 atom stereocenters. The van der Waals surface area contributed by atoms with E-state index >= 15 is 0 Å². The lowest BCUT2D eigenvalue weighted by molar-refractivity contribution is -0.385. The smallest absolute Gasteiger partial charge is 0.274 e. The minimum Gasteiger partial charge on any atom is -0.299 e. The van der Waals surface area contributed by atoms with E-state index in [1.807, 2.05) is 0 Å². The summed E-state index contributed by atoms with van der Waals surface area (Å²) in [5.74, 6) is -0.142. The van der Waals surface area contributed by atoms with Crippen molar-refractivity contribution in [2.45, 2.75) is 24.7 Å². The number of benzene rings is 1. The molecule has 8 heteroatoms. The van der Waals surface area contributed by atoms with Crippen LogP contribution in [0.15, 0.2) is 23.1 Å². The fourth-order valence-electron chi connectivity index (χ4n) is 1.57. The van der Waals surface area contributed by atoms with Crippen molar-refractivity contribution in [1.29, 1.82) is 0 Å². The Balaban J connectivity index is 3.34. The molecule has 0 spiro atoms. The van der Waals surface area contributed by atoms with Crippen LogP contribution < -0.4 is 0 Å². The van der Waals surface area contributed by atoms with Gasteiger partial charge in [-0.15, -0.1) is 0 Å². The molecule has 0 aliphatic rings. The van der Waals surface area contributed by atoms with Gasteiger partial charge in [0.1, 0.15) is 5.78 Å². The number of nitrogens with zero attached hydrogens (tertiary/aromatic N) is 2. The maximum absolute atomic E-state index is 11.9. The number of Topliss-reactive ketones (excluding diaryl/α,β-unsaturated/α-hetero) is 1. The molecule has 20 heavy (non-hydrogen) atoms. The summed E-state index contributed by atoms with van der Waals surface area (Å²) in [6, 6.07) is 3.59. The summed E-state index contributed by atoms with van der Waals surface area (Å²) in [7, 11) is -1.05. The summed E-state index contributed by atoms with van der Waals surface area (Å²) in [5, 5.41) is 11.0. The van der Waals surface area contributed by atoms with Crippen LogP contribution in [0.3, 0.4) is 0 Å². The highest BCUT2D eigenvalue weighted by atomic mass is 32.2. The Morgan fingerprint density at radius 3 is 2.40 bits per heavy atom. The maximum Gasteiger partial charge on any atom is 0.274 e. The molecule has 1 rings (SSSR count). The third-order valence-electron chi connectivity index (χ3n) is 2.81. The van der Waals surface area contributed by atoms with E-state index in [1.54, 1.807) is 6.92 Å². The van der Waals surface area contributed by atoms with Gasteiger partial charge in [0, 0.05) is 38.6 Å². The first-order chi connectivity index (χ1) is 9.20. The van der Waals surface area contributed by atoms with E-state index in [9.17, 15) is 23.3 Å². The standard InChI is InChI=1S/C12H16N2O5S/c1-4-10(15)7-9-5-6-11(8-12(9)14(16)17)20(18,19)13(2)3/h5-6,8H,4,7H2,1-3H3. The van der Waals surface area contributed by atoms with Gasteiger partial charge in [-0.2, -0.15) is 0 Å². The number of rotatable bonds is 6. The second-order valence-corrected chi connectivity index (χ2v) is 6.56. The van der Waals surface area contributed by atoms with Crippen molar-refractivity contribution in [2.75, 3.05) is 14.1 Å². The summed E-state index contributed by atoms with van der Waals surface area (Å²) >= 11 is 0. The van der Waals surface area contributed by atoms with Crippen LogP contribution in [0.5, 0.6) is 0 Å². The minimum absolute atomic E-state index is 0.0743. The van der Waals surface area contributed by atoms with Crippen LogP contribution in [-0.2, 0) is 21.2 Å². The Bertz CT molecular complexity index is 637. The lowest BCUT2D eigenvalue weighted by atomic mass is 10.1. The van der Waals surface area contributed by atoms with E-state index in [1.165, 1.54) is 26.2 Å². The number of carbonyl (C=O) groups excluding carboxylic acids is 1. The first-order valence-corrected chi connectivity index (χ1v) is 7.35. The molecule has 0 bridgehead atoms. The van der Waals surface area contributed by atoms with Gasteiger partial charge in [0.15, 0.2) is 0 Å². The molecule has 110 valence electrons. The van der Waals surface area contributed by atoms with E-state index in [4.69, 9.17) is 0 Å². The number of ketones is 1. The quantitative estimate of drug-likeness (QED) is 0.583. The molecule has 1 aromatic carbocycles. The van der Waals surface area contributed by atoms with Crippen molar-refractivity contribution in [1.82, 2.24) is 4.31 Å². The van der Waals surface area contributed by atoms with Crippen LogP contribution >= 0.6 is 0 Å². The van der Waals surface area contributed by atoms with Crippen molar-refractivity contribution < 1.29 is 18.1 Å². The van der Waals surface area contributed by atoms with Crippen LogP contribution in [0.25, 0.3) is 0 Å². The van der Waals surface area contributed by atoms with Gasteiger partial charge in [0.25, 0.3) is 5.69 Å². The highest BCUT2D eigenvalue weighted by Gasteiger charge is 2.23. The third kappa shape index (κ3) is 3.40. The third-order valence-corrected chi connectivity index (χ3v) is 4.63. The normalized spacial score (nSPS) is 11.6. The summed E-state index contributed by atoms with van der Waals surface area (Å²) in [5.41, 5.74) is -0.130. The van der Waals surface area contributed by atoms with Gasteiger partial charge in [0.05, 0.1) is 9.82 Å². The van der Waals surface area contributed by atoms with E-state index in [-0.39, 0.29) is 34.8 Å². The van der Waals surface area contributed by atoms with Crippen LogP contribution in [0.1, 0.15) is 18.9 Å². The highest BCUT2D eigenvalue weighted by molar-refractivity contribution is 7.89. The van der Waals surface area contributed by atoms with Crippen LogP contribution in [0.2, 0.25) is 0 Å². The zero-order chi connectivity index (χ0) is 15.5. The molecule has 0 aliphatic heterocycles. The summed E-state index contributed by atoms with van der Waals surface area (Å²) < 4.78 is 24.8. The van der Waals surface area contributed by atoms with Crippen LogP contribution in [-0.4, -0.2) is 37.5 Å². The van der Waals surface area contributed by atoms with Gasteiger partial charge in [0.2, 0.25) is 10.0 Å². The first kappa shape index (κ1) is 16.3. The lowest BCUT2D eigenvalue weighted by Crippen LogP contribution is -2.22. The zero-order valence-corrected chi connectivity index (χ0v) is 12.3. The predicted octanol–water partition coefficient (Wildman–Crippen LogP) is 1.37. The number of carbonyl (C=O) groups is 1. The van der Waals surface area contributed by atoms with E-state index in [0.717, 1.165) is 10.4 Å². The minimum atomic E-state index is -3.74. The van der Waals surface area contributed by atoms with E-state index in [0.29, 0.717) is 0 Å². The highest BCUT2D eigenvalue weighted by Crippen LogP contribution is 2.25. The molecule has 0 saturated carbocycles. The van der Waals surface area contributed by atoms with Crippen molar-refractivity contribution in [2.24, 2.45) is 0 Å². The Labute approximate surface area is 117 Å². The first-order valence-electron chi connectivity index (χ1n) is 5.91. The van der Waals surface area contributed by atoms with Crippen LogP contribution in [0.4, 0.5) is 5.69 Å². The molecule has 0 aliphatic carbocycles. The fourth-order valence-corrected chi connectivity index (χ4v) is 2.49. The van der Waals surface area contributed by atoms with E-state index < -0.39 is 14.9 Å². The second kappa shape index (κ2) is 6.10. The topological polar surface area (TPSA) is 97.6 Å². The molecule has 0 aromatic heterocycles. The van der Waals surface area contributed by atoms with Gasteiger partial charge < -0.3 is 0 Å². The number of hydrogen-bond donors (Lipinski definition) is 0. The largest absolute Gasteiger partial charge is 0.299 e. The SMILES string of the molecule is CCC(=O)Cc1ccc(S(=O)(=O)N(C)C)cc1[N+](=O)[O-]. The Morgan fingerprint density at radius 1 is 1.35 bits per heavy atom. The monoisotopic (exact) mass is 300 g/mol. The molecule has 0 fully saturated rings. The van der Waals surface area contributed by atoms with Gasteiger partial charge in [-0.3, -0.25) is 14.9 Å². The van der Waals surface area contributed by atoms with Crippen molar-refractivity contribution >= 4 is 21.5 Å². The molecule has 0 amide bonds.